The third kappa shape index (κ3) is 59.1. The highest BCUT2D eigenvalue weighted by atomic mass is 16.6. The van der Waals surface area contributed by atoms with Crippen molar-refractivity contribution >= 4 is 17.9 Å². The molecule has 1 unspecified atom stereocenters. The van der Waals surface area contributed by atoms with Crippen molar-refractivity contribution < 1.29 is 28.6 Å². The molecule has 0 amide bonds. The number of ether oxygens (including phenoxy) is 3. The summed E-state index contributed by atoms with van der Waals surface area (Å²) < 4.78 is 16.8. The molecule has 418 valence electrons. The number of esters is 3. The van der Waals surface area contributed by atoms with Crippen LogP contribution in [0.1, 0.15) is 290 Å². The van der Waals surface area contributed by atoms with Crippen molar-refractivity contribution in [1.29, 1.82) is 0 Å². The molecular formula is C67H114O6. The van der Waals surface area contributed by atoms with E-state index in [2.05, 4.69) is 118 Å². The van der Waals surface area contributed by atoms with E-state index in [1.54, 1.807) is 0 Å². The maximum Gasteiger partial charge on any atom is 0.306 e. The van der Waals surface area contributed by atoms with Gasteiger partial charge in [0, 0.05) is 19.3 Å². The van der Waals surface area contributed by atoms with Crippen LogP contribution in [0.5, 0.6) is 0 Å². The topological polar surface area (TPSA) is 78.9 Å². The standard InChI is InChI=1S/C67H114O6/c1-4-7-10-13-16-18-20-22-24-26-28-30-31-32-33-34-35-37-38-40-42-44-46-48-51-54-57-60-66(69)72-63-64(62-71-65(68)59-56-53-50-15-12-9-6-3)73-67(70)61-58-55-52-49-47-45-43-41-39-36-29-27-25-23-21-19-17-14-11-8-5-2/h7-8,10-11,16-19,22-25,28-30,36,64H,4-6,9,12-15,20-21,26-27,31-35,37-63H2,1-3H3/b10-7-,11-8-,18-16-,19-17-,24-22-,25-23-,30-28-,36-29-. The van der Waals surface area contributed by atoms with Crippen molar-refractivity contribution in [3.63, 3.8) is 0 Å². The molecule has 0 rings (SSSR count). The van der Waals surface area contributed by atoms with E-state index in [0.29, 0.717) is 19.3 Å². The lowest BCUT2D eigenvalue weighted by atomic mass is 10.0. The van der Waals surface area contributed by atoms with Gasteiger partial charge in [0.05, 0.1) is 0 Å². The van der Waals surface area contributed by atoms with Crippen molar-refractivity contribution in [1.82, 2.24) is 0 Å². The van der Waals surface area contributed by atoms with Gasteiger partial charge in [0.2, 0.25) is 0 Å². The normalized spacial score (nSPS) is 12.8. The fourth-order valence-corrected chi connectivity index (χ4v) is 8.54. The molecule has 6 heteroatoms. The Labute approximate surface area is 451 Å². The zero-order valence-corrected chi connectivity index (χ0v) is 47.9. The summed E-state index contributed by atoms with van der Waals surface area (Å²) in [6, 6.07) is 0. The average Bonchev–Trinajstić information content (AvgIpc) is 3.39. The van der Waals surface area contributed by atoms with E-state index in [4.69, 9.17) is 14.2 Å². The summed E-state index contributed by atoms with van der Waals surface area (Å²) in [4.78, 5) is 38.0. The predicted octanol–water partition coefficient (Wildman–Crippen LogP) is 20.9. The molecule has 0 aromatic rings. The van der Waals surface area contributed by atoms with Crippen LogP contribution in [-0.4, -0.2) is 37.2 Å². The minimum absolute atomic E-state index is 0.0790. The van der Waals surface area contributed by atoms with Gasteiger partial charge in [-0.05, 0) is 96.3 Å². The Balaban J connectivity index is 4.14. The van der Waals surface area contributed by atoms with Gasteiger partial charge in [-0.15, -0.1) is 0 Å². The van der Waals surface area contributed by atoms with Gasteiger partial charge in [0.15, 0.2) is 6.10 Å². The quantitative estimate of drug-likeness (QED) is 0.0261. The second-order valence-corrected chi connectivity index (χ2v) is 20.2. The van der Waals surface area contributed by atoms with Gasteiger partial charge in [-0.3, -0.25) is 14.4 Å². The molecule has 0 saturated carbocycles. The minimum atomic E-state index is -0.779. The van der Waals surface area contributed by atoms with Crippen LogP contribution < -0.4 is 0 Å². The molecule has 6 nitrogen and oxygen atoms in total. The van der Waals surface area contributed by atoms with E-state index in [1.807, 2.05) is 0 Å². The first-order chi connectivity index (χ1) is 36.0. The van der Waals surface area contributed by atoms with Crippen LogP contribution in [0, 0.1) is 0 Å². The van der Waals surface area contributed by atoms with Gasteiger partial charge in [-0.2, -0.15) is 0 Å². The zero-order valence-electron chi connectivity index (χ0n) is 47.9. The number of rotatable bonds is 55. The Morgan fingerprint density at radius 3 is 0.836 bits per heavy atom. The van der Waals surface area contributed by atoms with Crippen LogP contribution >= 0.6 is 0 Å². The van der Waals surface area contributed by atoms with Gasteiger partial charge in [-0.25, -0.2) is 0 Å². The summed E-state index contributed by atoms with van der Waals surface area (Å²) in [5.74, 6) is -0.887. The first-order valence-corrected chi connectivity index (χ1v) is 30.7. The highest BCUT2D eigenvalue weighted by molar-refractivity contribution is 5.71. The average molecular weight is 1020 g/mol. The second-order valence-electron chi connectivity index (χ2n) is 20.2. The molecule has 0 aliphatic rings. The molecule has 1 atom stereocenters. The number of allylic oxidation sites excluding steroid dienone is 16. The Hall–Kier alpha value is -3.67. The van der Waals surface area contributed by atoms with E-state index < -0.39 is 6.10 Å². The zero-order chi connectivity index (χ0) is 52.9. The molecule has 0 fully saturated rings. The van der Waals surface area contributed by atoms with E-state index in [0.717, 1.165) is 116 Å². The molecule has 0 aromatic carbocycles. The minimum Gasteiger partial charge on any atom is -0.462 e. The predicted molar refractivity (Wildman–Crippen MR) is 316 cm³/mol. The molecule has 0 aliphatic carbocycles. The van der Waals surface area contributed by atoms with Crippen molar-refractivity contribution in [3.05, 3.63) is 97.2 Å². The van der Waals surface area contributed by atoms with Crippen LogP contribution in [0.15, 0.2) is 97.2 Å². The number of carbonyl (C=O) groups is 3. The Kier molecular flexibility index (Phi) is 57.8. The summed E-state index contributed by atoms with van der Waals surface area (Å²) in [7, 11) is 0. The van der Waals surface area contributed by atoms with E-state index in [-0.39, 0.29) is 31.1 Å². The number of carbonyl (C=O) groups excluding carboxylic acids is 3. The lowest BCUT2D eigenvalue weighted by Crippen LogP contribution is -2.30. The van der Waals surface area contributed by atoms with Gasteiger partial charge < -0.3 is 14.2 Å². The maximum absolute atomic E-state index is 12.8. The summed E-state index contributed by atoms with van der Waals surface area (Å²) >= 11 is 0. The molecule has 73 heavy (non-hydrogen) atoms. The fourth-order valence-electron chi connectivity index (χ4n) is 8.54. The molecular weight excluding hydrogens is 901 g/mol. The third-order valence-corrected chi connectivity index (χ3v) is 13.1. The fraction of sp³-hybridized carbons (Fsp3) is 0.716. The van der Waals surface area contributed by atoms with E-state index in [1.165, 1.54) is 135 Å². The SMILES string of the molecule is CC/C=C\C/C=C\C/C=C\C/C=C\CCCCCCCCCCCCCCCCC(=O)OCC(COC(=O)CCCCCCCCC)OC(=O)CCCCCCCCCC/C=C\C/C=C\C/C=C\C/C=C\CC. The van der Waals surface area contributed by atoms with Gasteiger partial charge in [0.1, 0.15) is 13.2 Å². The first kappa shape index (κ1) is 69.3. The van der Waals surface area contributed by atoms with Crippen molar-refractivity contribution in [2.24, 2.45) is 0 Å². The second kappa shape index (κ2) is 60.9. The highest BCUT2D eigenvalue weighted by Crippen LogP contribution is 2.16. The Morgan fingerprint density at radius 1 is 0.288 bits per heavy atom. The van der Waals surface area contributed by atoms with Crippen LogP contribution in [0.25, 0.3) is 0 Å². The van der Waals surface area contributed by atoms with Crippen LogP contribution in [0.2, 0.25) is 0 Å². The Bertz CT molecular complexity index is 1440. The van der Waals surface area contributed by atoms with Crippen LogP contribution in [0.3, 0.4) is 0 Å². The van der Waals surface area contributed by atoms with Gasteiger partial charge in [-0.1, -0.05) is 272 Å². The molecule has 0 heterocycles. The summed E-state index contributed by atoms with van der Waals surface area (Å²) in [5.41, 5.74) is 0. The number of hydrogen-bond donors (Lipinski definition) is 0. The molecule has 0 aliphatic heterocycles. The lowest BCUT2D eigenvalue weighted by molar-refractivity contribution is -0.167. The number of hydrogen-bond acceptors (Lipinski definition) is 6. The molecule has 0 N–H and O–H groups in total. The van der Waals surface area contributed by atoms with Crippen molar-refractivity contribution in [2.45, 2.75) is 297 Å². The summed E-state index contributed by atoms with van der Waals surface area (Å²) in [6.07, 6.45) is 81.5. The third-order valence-electron chi connectivity index (χ3n) is 13.1. The van der Waals surface area contributed by atoms with Crippen molar-refractivity contribution in [2.75, 3.05) is 13.2 Å². The largest absolute Gasteiger partial charge is 0.462 e. The monoisotopic (exact) mass is 1010 g/mol. The van der Waals surface area contributed by atoms with Gasteiger partial charge >= 0.3 is 17.9 Å². The molecule has 0 saturated heterocycles. The molecule has 0 aromatic heterocycles. The smallest absolute Gasteiger partial charge is 0.306 e. The molecule has 0 radical (unpaired) electrons. The van der Waals surface area contributed by atoms with Crippen LogP contribution in [0.4, 0.5) is 0 Å². The Morgan fingerprint density at radius 2 is 0.534 bits per heavy atom. The maximum atomic E-state index is 12.8. The van der Waals surface area contributed by atoms with E-state index >= 15 is 0 Å². The molecule has 0 bridgehead atoms. The summed E-state index contributed by atoms with van der Waals surface area (Å²) in [5, 5.41) is 0. The first-order valence-electron chi connectivity index (χ1n) is 30.7. The number of unbranched alkanes of at least 4 members (excludes halogenated alkanes) is 28. The van der Waals surface area contributed by atoms with Crippen LogP contribution in [-0.2, 0) is 28.6 Å². The summed E-state index contributed by atoms with van der Waals surface area (Å²) in [6.45, 7) is 6.38. The molecule has 0 spiro atoms. The van der Waals surface area contributed by atoms with E-state index in [9.17, 15) is 14.4 Å². The van der Waals surface area contributed by atoms with Crippen molar-refractivity contribution in [3.8, 4) is 0 Å². The highest BCUT2D eigenvalue weighted by Gasteiger charge is 2.19. The van der Waals surface area contributed by atoms with Gasteiger partial charge in [0.25, 0.3) is 0 Å². The lowest BCUT2D eigenvalue weighted by Gasteiger charge is -2.18.